The number of aromatic amines is 3. The number of benzene rings is 1. The number of hydrogen-bond acceptors (Lipinski definition) is 4. The fourth-order valence-electron chi connectivity index (χ4n) is 1.79. The Morgan fingerprint density at radius 2 is 2.05 bits per heavy atom. The van der Waals surface area contributed by atoms with Gasteiger partial charge in [0.05, 0.1) is 0 Å². The van der Waals surface area contributed by atoms with E-state index in [1.54, 1.807) is 0 Å². The fourth-order valence-corrected chi connectivity index (χ4v) is 1.79. The van der Waals surface area contributed by atoms with E-state index in [0.717, 1.165) is 5.56 Å². The zero-order valence-corrected chi connectivity index (χ0v) is 9.93. The van der Waals surface area contributed by atoms with E-state index in [0.29, 0.717) is 23.7 Å². The topological polar surface area (TPSA) is 111 Å². The summed E-state index contributed by atoms with van der Waals surface area (Å²) >= 11 is 0. The molecule has 2 aromatic heterocycles. The number of anilines is 1. The van der Waals surface area contributed by atoms with E-state index in [9.17, 15) is 4.79 Å². The Morgan fingerprint density at radius 3 is 2.84 bits per heavy atom. The molecule has 5 N–H and O–H groups in total. The molecule has 0 amide bonds. The summed E-state index contributed by atoms with van der Waals surface area (Å²) in [6, 6.07) is 9.68. The largest absolute Gasteiger partial charge is 0.461 e. The van der Waals surface area contributed by atoms with Crippen LogP contribution >= 0.6 is 0 Å². The third kappa shape index (κ3) is 2.25. The van der Waals surface area contributed by atoms with Crippen LogP contribution in [0.3, 0.4) is 0 Å². The van der Waals surface area contributed by atoms with E-state index in [2.05, 4.69) is 19.9 Å². The lowest BCUT2D eigenvalue weighted by atomic mass is 10.2. The van der Waals surface area contributed by atoms with Gasteiger partial charge in [0, 0.05) is 0 Å². The summed E-state index contributed by atoms with van der Waals surface area (Å²) in [5, 5.41) is 0. The SMILES string of the molecule is Nc1nc2[nH]c(=O)[nH]c2c(OCc2ccccc2)[nH+]1. The second-order valence-electron chi connectivity index (χ2n) is 4.03. The first kappa shape index (κ1) is 11.3. The molecule has 0 aliphatic rings. The van der Waals surface area contributed by atoms with Crippen LogP contribution in [0, 0.1) is 0 Å². The molecule has 0 radical (unpaired) electrons. The number of nitrogen functional groups attached to an aromatic ring is 1. The second-order valence-corrected chi connectivity index (χ2v) is 4.03. The van der Waals surface area contributed by atoms with E-state index < -0.39 is 0 Å². The Labute approximate surface area is 107 Å². The van der Waals surface area contributed by atoms with Gasteiger partial charge >= 0.3 is 11.6 Å². The average molecular weight is 258 g/mol. The second kappa shape index (κ2) is 4.45. The summed E-state index contributed by atoms with van der Waals surface area (Å²) in [6.07, 6.45) is 0. The molecule has 96 valence electrons. The van der Waals surface area contributed by atoms with Crippen LogP contribution in [0.2, 0.25) is 0 Å². The zero-order valence-electron chi connectivity index (χ0n) is 9.93. The van der Waals surface area contributed by atoms with Crippen LogP contribution in [0.1, 0.15) is 5.56 Å². The number of ether oxygens (including phenoxy) is 1. The van der Waals surface area contributed by atoms with Gasteiger partial charge in [-0.15, -0.1) is 0 Å². The van der Waals surface area contributed by atoms with Crippen molar-refractivity contribution in [1.29, 1.82) is 0 Å². The number of fused-ring (bicyclic) bond motifs is 1. The lowest BCUT2D eigenvalue weighted by molar-refractivity contribution is -0.380. The minimum atomic E-state index is -0.355. The number of nitrogens with one attached hydrogen (secondary N) is 3. The molecule has 19 heavy (non-hydrogen) atoms. The van der Waals surface area contributed by atoms with Gasteiger partial charge in [0.25, 0.3) is 5.88 Å². The van der Waals surface area contributed by atoms with E-state index in [4.69, 9.17) is 10.5 Å². The zero-order chi connectivity index (χ0) is 13.2. The molecule has 0 bridgehead atoms. The van der Waals surface area contributed by atoms with E-state index >= 15 is 0 Å². The van der Waals surface area contributed by atoms with Crippen LogP contribution in [0.5, 0.6) is 5.88 Å². The molecule has 0 atom stereocenters. The minimum Gasteiger partial charge on any atom is -0.461 e. The average Bonchev–Trinajstić information content (AvgIpc) is 2.77. The Bertz CT molecular complexity index is 763. The van der Waals surface area contributed by atoms with Gasteiger partial charge < -0.3 is 4.74 Å². The van der Waals surface area contributed by atoms with Gasteiger partial charge in [0.2, 0.25) is 5.65 Å². The van der Waals surface area contributed by atoms with Crippen LogP contribution in [0.15, 0.2) is 35.1 Å². The lowest BCUT2D eigenvalue weighted by Crippen LogP contribution is -2.17. The molecule has 0 spiro atoms. The van der Waals surface area contributed by atoms with Gasteiger partial charge in [0.15, 0.2) is 5.52 Å². The molecule has 0 aliphatic heterocycles. The van der Waals surface area contributed by atoms with Crippen molar-refractivity contribution in [2.75, 3.05) is 5.73 Å². The normalized spacial score (nSPS) is 10.7. The Hall–Kier alpha value is -2.83. The first-order chi connectivity index (χ1) is 9.22. The molecule has 0 saturated heterocycles. The summed E-state index contributed by atoms with van der Waals surface area (Å²) < 4.78 is 5.63. The molecule has 0 saturated carbocycles. The highest BCUT2D eigenvalue weighted by Gasteiger charge is 2.15. The number of hydrogen-bond donors (Lipinski definition) is 3. The van der Waals surface area contributed by atoms with Crippen molar-refractivity contribution in [3.05, 3.63) is 46.4 Å². The fraction of sp³-hybridized carbons (Fsp3) is 0.0833. The van der Waals surface area contributed by atoms with Crippen LogP contribution < -0.4 is 21.1 Å². The number of rotatable bonds is 3. The van der Waals surface area contributed by atoms with Gasteiger partial charge in [-0.2, -0.15) is 0 Å². The molecule has 0 fully saturated rings. The maximum absolute atomic E-state index is 11.3. The Kier molecular flexibility index (Phi) is 2.64. The highest BCUT2D eigenvalue weighted by molar-refractivity contribution is 5.74. The lowest BCUT2D eigenvalue weighted by Gasteiger charge is -2.04. The van der Waals surface area contributed by atoms with Gasteiger partial charge in [0.1, 0.15) is 6.61 Å². The molecule has 0 aliphatic carbocycles. The molecule has 7 heteroatoms. The summed E-state index contributed by atoms with van der Waals surface area (Å²) in [5.74, 6) is 0.551. The number of nitrogens with two attached hydrogens (primary N) is 1. The van der Waals surface area contributed by atoms with Crippen LogP contribution in [-0.2, 0) is 6.61 Å². The van der Waals surface area contributed by atoms with Crippen LogP contribution in [0.4, 0.5) is 5.95 Å². The van der Waals surface area contributed by atoms with Crippen LogP contribution in [0.25, 0.3) is 11.2 Å². The molecule has 2 heterocycles. The highest BCUT2D eigenvalue weighted by Crippen LogP contribution is 2.15. The van der Waals surface area contributed by atoms with Crippen molar-refractivity contribution >= 4 is 17.1 Å². The van der Waals surface area contributed by atoms with Gasteiger partial charge in [-0.3, -0.25) is 15.7 Å². The summed E-state index contributed by atoms with van der Waals surface area (Å²) in [7, 11) is 0. The van der Waals surface area contributed by atoms with Gasteiger partial charge in [-0.1, -0.05) is 35.3 Å². The monoisotopic (exact) mass is 258 g/mol. The van der Waals surface area contributed by atoms with Crippen molar-refractivity contribution in [3.63, 3.8) is 0 Å². The molecule has 0 unspecified atom stereocenters. The van der Waals surface area contributed by atoms with Gasteiger partial charge in [-0.05, 0) is 5.56 Å². The maximum atomic E-state index is 11.3. The van der Waals surface area contributed by atoms with Crippen LogP contribution in [-0.4, -0.2) is 15.0 Å². The molecule has 3 aromatic rings. The predicted molar refractivity (Wildman–Crippen MR) is 68.5 cm³/mol. The summed E-state index contributed by atoms with van der Waals surface area (Å²) in [6.45, 7) is 0.364. The Morgan fingerprint density at radius 1 is 1.26 bits per heavy atom. The molecular formula is C12H12N5O2+. The van der Waals surface area contributed by atoms with Crippen molar-refractivity contribution < 1.29 is 9.72 Å². The third-order valence-corrected chi connectivity index (χ3v) is 2.63. The molecular weight excluding hydrogens is 246 g/mol. The number of nitrogens with zero attached hydrogens (tertiary/aromatic N) is 1. The number of H-pyrrole nitrogens is 3. The maximum Gasteiger partial charge on any atom is 0.392 e. The Balaban J connectivity index is 1.94. The first-order valence-electron chi connectivity index (χ1n) is 5.70. The highest BCUT2D eigenvalue weighted by atomic mass is 16.5. The smallest absolute Gasteiger partial charge is 0.392 e. The van der Waals surface area contributed by atoms with Crippen molar-refractivity contribution in [2.45, 2.75) is 6.61 Å². The van der Waals surface area contributed by atoms with E-state index in [1.807, 2.05) is 30.3 Å². The summed E-state index contributed by atoms with van der Waals surface area (Å²) in [4.78, 5) is 23.2. The predicted octanol–water partition coefficient (Wildman–Crippen LogP) is 0.226. The first-order valence-corrected chi connectivity index (χ1v) is 5.70. The molecule has 7 nitrogen and oxygen atoms in total. The summed E-state index contributed by atoms with van der Waals surface area (Å²) in [5.41, 5.74) is 7.11. The minimum absolute atomic E-state index is 0.172. The number of aromatic nitrogens is 4. The van der Waals surface area contributed by atoms with E-state index in [-0.39, 0.29) is 11.6 Å². The van der Waals surface area contributed by atoms with Crippen molar-refractivity contribution in [3.8, 4) is 5.88 Å². The molecule has 1 aromatic carbocycles. The third-order valence-electron chi connectivity index (χ3n) is 2.63. The van der Waals surface area contributed by atoms with Crippen molar-refractivity contribution in [2.24, 2.45) is 0 Å². The standard InChI is InChI=1S/C12H11N5O2/c13-11-15-9-8(14-12(18)16-9)10(17-11)19-6-7-4-2-1-3-5-7/h1-5H,6H2,(H4,13,14,15,16,17,18)/p+1. The van der Waals surface area contributed by atoms with E-state index in [1.165, 1.54) is 0 Å². The molecule has 3 rings (SSSR count). The number of imidazole rings is 1. The quantitative estimate of drug-likeness (QED) is 0.624. The van der Waals surface area contributed by atoms with Gasteiger partial charge in [-0.25, -0.2) is 9.78 Å². The van der Waals surface area contributed by atoms with Crippen molar-refractivity contribution in [1.82, 2.24) is 15.0 Å².